The van der Waals surface area contributed by atoms with Crippen molar-refractivity contribution in [3.05, 3.63) is 57.6 Å². The standard InChI is InChI=1S/C17H16ClN3O5/c1-2-16(22)19-11-7-8-12(18)13(9-11)20-17(23)10-26-15-6-4-3-5-14(15)21(24)25/h3-9H,2,10H2,1H3,(H,19,22)(H,20,23). The molecule has 2 N–H and O–H groups in total. The fourth-order valence-electron chi connectivity index (χ4n) is 2.01. The number of carbonyl (C=O) groups excluding carboxylic acids is 2. The normalized spacial score (nSPS) is 10.1. The summed E-state index contributed by atoms with van der Waals surface area (Å²) in [6.45, 7) is 1.28. The zero-order chi connectivity index (χ0) is 19.1. The second-order valence-electron chi connectivity index (χ2n) is 5.16. The molecule has 9 heteroatoms. The van der Waals surface area contributed by atoms with Crippen molar-refractivity contribution in [1.29, 1.82) is 0 Å². The van der Waals surface area contributed by atoms with Crippen LogP contribution in [0.4, 0.5) is 17.1 Å². The van der Waals surface area contributed by atoms with Gasteiger partial charge in [-0.05, 0) is 24.3 Å². The summed E-state index contributed by atoms with van der Waals surface area (Å²) in [5, 5.41) is 16.4. The van der Waals surface area contributed by atoms with E-state index in [-0.39, 0.29) is 28.1 Å². The Labute approximate surface area is 154 Å². The number of hydrogen-bond donors (Lipinski definition) is 2. The van der Waals surface area contributed by atoms with Crippen LogP contribution in [0.15, 0.2) is 42.5 Å². The molecule has 0 saturated heterocycles. The zero-order valence-electron chi connectivity index (χ0n) is 13.8. The molecule has 0 saturated carbocycles. The first-order valence-electron chi connectivity index (χ1n) is 7.66. The minimum Gasteiger partial charge on any atom is -0.477 e. The van der Waals surface area contributed by atoms with E-state index < -0.39 is 17.4 Å². The Morgan fingerprint density at radius 2 is 1.88 bits per heavy atom. The highest BCUT2D eigenvalue weighted by Gasteiger charge is 2.15. The summed E-state index contributed by atoms with van der Waals surface area (Å²) in [7, 11) is 0. The van der Waals surface area contributed by atoms with Crippen molar-refractivity contribution in [3.8, 4) is 5.75 Å². The molecule has 26 heavy (non-hydrogen) atoms. The van der Waals surface area contributed by atoms with Crippen LogP contribution in [0.1, 0.15) is 13.3 Å². The highest BCUT2D eigenvalue weighted by molar-refractivity contribution is 6.33. The van der Waals surface area contributed by atoms with Gasteiger partial charge in [0.05, 0.1) is 15.6 Å². The summed E-state index contributed by atoms with van der Waals surface area (Å²) >= 11 is 6.04. The molecule has 0 radical (unpaired) electrons. The predicted molar refractivity (Wildman–Crippen MR) is 97.6 cm³/mol. The third-order valence-electron chi connectivity index (χ3n) is 3.27. The van der Waals surface area contributed by atoms with Crippen LogP contribution in [0.3, 0.4) is 0 Å². The summed E-state index contributed by atoms with van der Waals surface area (Å²) in [6, 6.07) is 10.4. The summed E-state index contributed by atoms with van der Waals surface area (Å²) in [6.07, 6.45) is 0.314. The van der Waals surface area contributed by atoms with E-state index in [1.807, 2.05) is 0 Å². The average molecular weight is 378 g/mol. The number of hydrogen-bond acceptors (Lipinski definition) is 5. The molecule has 136 valence electrons. The van der Waals surface area contributed by atoms with Crippen molar-refractivity contribution >= 4 is 40.5 Å². The van der Waals surface area contributed by atoms with E-state index in [1.54, 1.807) is 19.1 Å². The van der Waals surface area contributed by atoms with Crippen molar-refractivity contribution in [3.63, 3.8) is 0 Å². The maximum Gasteiger partial charge on any atom is 0.310 e. The van der Waals surface area contributed by atoms with E-state index in [0.717, 1.165) is 0 Å². The molecule has 0 unspecified atom stereocenters. The Bertz CT molecular complexity index is 841. The van der Waals surface area contributed by atoms with Gasteiger partial charge in [0.25, 0.3) is 5.91 Å². The van der Waals surface area contributed by atoms with Gasteiger partial charge in [0, 0.05) is 18.2 Å². The van der Waals surface area contributed by atoms with Gasteiger partial charge < -0.3 is 15.4 Å². The van der Waals surface area contributed by atoms with Crippen molar-refractivity contribution < 1.29 is 19.2 Å². The molecule has 2 aromatic rings. The number of nitrogens with one attached hydrogen (secondary N) is 2. The number of rotatable bonds is 7. The second-order valence-corrected chi connectivity index (χ2v) is 5.57. The van der Waals surface area contributed by atoms with Crippen LogP contribution in [0.25, 0.3) is 0 Å². The third kappa shape index (κ3) is 5.18. The van der Waals surface area contributed by atoms with Gasteiger partial charge >= 0.3 is 5.69 Å². The van der Waals surface area contributed by atoms with Gasteiger partial charge in [0.2, 0.25) is 5.91 Å². The zero-order valence-corrected chi connectivity index (χ0v) is 14.6. The Morgan fingerprint density at radius 1 is 1.15 bits per heavy atom. The first-order valence-corrected chi connectivity index (χ1v) is 8.04. The third-order valence-corrected chi connectivity index (χ3v) is 3.60. The highest BCUT2D eigenvalue weighted by atomic mass is 35.5. The topological polar surface area (TPSA) is 111 Å². The van der Waals surface area contributed by atoms with E-state index >= 15 is 0 Å². The lowest BCUT2D eigenvalue weighted by Crippen LogP contribution is -2.21. The number of nitro groups is 1. The van der Waals surface area contributed by atoms with E-state index in [2.05, 4.69) is 10.6 Å². The molecular weight excluding hydrogens is 362 g/mol. The van der Waals surface area contributed by atoms with E-state index in [9.17, 15) is 19.7 Å². The largest absolute Gasteiger partial charge is 0.477 e. The lowest BCUT2D eigenvalue weighted by Gasteiger charge is -2.11. The molecule has 0 aliphatic heterocycles. The van der Waals surface area contributed by atoms with Crippen LogP contribution in [0, 0.1) is 10.1 Å². The van der Waals surface area contributed by atoms with E-state index in [4.69, 9.17) is 16.3 Å². The Kier molecular flexibility index (Phi) is 6.51. The molecule has 0 aliphatic rings. The van der Waals surface area contributed by atoms with Crippen molar-refractivity contribution in [2.24, 2.45) is 0 Å². The Balaban J connectivity index is 2.03. The molecule has 0 bridgehead atoms. The molecule has 2 amide bonds. The number of para-hydroxylation sites is 2. The van der Waals surface area contributed by atoms with Gasteiger partial charge in [-0.25, -0.2) is 0 Å². The Hall–Kier alpha value is -3.13. The minimum absolute atomic E-state index is 0.0114. The van der Waals surface area contributed by atoms with Crippen molar-refractivity contribution in [2.45, 2.75) is 13.3 Å². The quantitative estimate of drug-likeness (QED) is 0.565. The van der Waals surface area contributed by atoms with Crippen LogP contribution >= 0.6 is 11.6 Å². The maximum atomic E-state index is 12.1. The van der Waals surface area contributed by atoms with Gasteiger partial charge in [0.1, 0.15) is 0 Å². The predicted octanol–water partition coefficient (Wildman–Crippen LogP) is 3.61. The lowest BCUT2D eigenvalue weighted by atomic mass is 10.2. The van der Waals surface area contributed by atoms with Crippen molar-refractivity contribution in [1.82, 2.24) is 0 Å². The fraction of sp³-hybridized carbons (Fsp3) is 0.176. The molecule has 0 aromatic heterocycles. The molecule has 2 aromatic carbocycles. The highest BCUT2D eigenvalue weighted by Crippen LogP contribution is 2.27. The Morgan fingerprint density at radius 3 is 2.58 bits per heavy atom. The number of benzene rings is 2. The van der Waals surface area contributed by atoms with Gasteiger partial charge in [-0.1, -0.05) is 30.7 Å². The van der Waals surface area contributed by atoms with Gasteiger partial charge in [-0.15, -0.1) is 0 Å². The fourth-order valence-corrected chi connectivity index (χ4v) is 2.17. The minimum atomic E-state index is -0.593. The number of amides is 2. The summed E-state index contributed by atoms with van der Waals surface area (Å²) in [5.41, 5.74) is 0.538. The molecule has 0 heterocycles. The maximum absolute atomic E-state index is 12.1. The van der Waals surface area contributed by atoms with Crippen LogP contribution in [0.5, 0.6) is 5.75 Å². The lowest BCUT2D eigenvalue weighted by molar-refractivity contribution is -0.385. The number of ether oxygens (including phenoxy) is 1. The number of halogens is 1. The summed E-state index contributed by atoms with van der Waals surface area (Å²) in [5.74, 6) is -0.740. The van der Waals surface area contributed by atoms with E-state index in [1.165, 1.54) is 30.3 Å². The van der Waals surface area contributed by atoms with Gasteiger partial charge in [-0.2, -0.15) is 0 Å². The molecule has 8 nitrogen and oxygen atoms in total. The smallest absolute Gasteiger partial charge is 0.310 e. The van der Waals surface area contributed by atoms with Crippen LogP contribution in [0.2, 0.25) is 5.02 Å². The molecule has 0 aliphatic carbocycles. The van der Waals surface area contributed by atoms with Crippen LogP contribution in [-0.2, 0) is 9.59 Å². The monoisotopic (exact) mass is 377 g/mol. The summed E-state index contributed by atoms with van der Waals surface area (Å²) < 4.78 is 5.22. The van der Waals surface area contributed by atoms with Gasteiger partial charge in [0.15, 0.2) is 12.4 Å². The number of nitrogens with zero attached hydrogens (tertiary/aromatic N) is 1. The molecule has 2 rings (SSSR count). The number of anilines is 2. The number of carbonyl (C=O) groups is 2. The van der Waals surface area contributed by atoms with E-state index in [0.29, 0.717) is 12.1 Å². The SMILES string of the molecule is CCC(=O)Nc1ccc(Cl)c(NC(=O)COc2ccccc2[N+](=O)[O-])c1. The molecular formula is C17H16ClN3O5. The molecule has 0 atom stereocenters. The summed E-state index contributed by atoms with van der Waals surface area (Å²) in [4.78, 5) is 33.8. The number of nitro benzene ring substituents is 1. The first-order chi connectivity index (χ1) is 12.4. The second kappa shape index (κ2) is 8.82. The average Bonchev–Trinajstić information content (AvgIpc) is 2.62. The van der Waals surface area contributed by atoms with Crippen molar-refractivity contribution in [2.75, 3.05) is 17.2 Å². The van der Waals surface area contributed by atoms with Crippen LogP contribution in [-0.4, -0.2) is 23.3 Å². The first kappa shape index (κ1) is 19.2. The van der Waals surface area contributed by atoms with Crippen LogP contribution < -0.4 is 15.4 Å². The molecule has 0 fully saturated rings. The molecule has 0 spiro atoms. The van der Waals surface area contributed by atoms with Gasteiger partial charge in [-0.3, -0.25) is 19.7 Å².